The van der Waals surface area contributed by atoms with Gasteiger partial charge in [0.2, 0.25) is 11.8 Å². The molecule has 0 aliphatic carbocycles. The van der Waals surface area contributed by atoms with Gasteiger partial charge in [-0.3, -0.25) is 24.6 Å². The molecule has 1 saturated heterocycles. The number of hydrogen-bond acceptors (Lipinski definition) is 5. The molecule has 0 radical (unpaired) electrons. The lowest BCUT2D eigenvalue weighted by Gasteiger charge is -2.14. The Balaban J connectivity index is 1.58. The minimum absolute atomic E-state index is 0.122. The van der Waals surface area contributed by atoms with Gasteiger partial charge in [0.15, 0.2) is 0 Å². The Labute approximate surface area is 154 Å². The molecular weight excluding hydrogens is 352 g/mol. The van der Waals surface area contributed by atoms with E-state index in [-0.39, 0.29) is 36.9 Å². The number of benzene rings is 2. The van der Waals surface area contributed by atoms with Crippen molar-refractivity contribution in [1.82, 2.24) is 4.90 Å². The van der Waals surface area contributed by atoms with Crippen molar-refractivity contribution >= 4 is 34.9 Å². The van der Waals surface area contributed by atoms with E-state index in [1.807, 2.05) is 0 Å². The number of urea groups is 1. The van der Waals surface area contributed by atoms with Crippen molar-refractivity contribution in [2.75, 3.05) is 10.6 Å². The Morgan fingerprint density at radius 2 is 1.63 bits per heavy atom. The minimum Gasteiger partial charge on any atom is -0.308 e. The van der Waals surface area contributed by atoms with Crippen LogP contribution in [0, 0.1) is 10.1 Å². The monoisotopic (exact) mass is 368 g/mol. The summed E-state index contributed by atoms with van der Waals surface area (Å²) in [6, 6.07) is 11.8. The van der Waals surface area contributed by atoms with Gasteiger partial charge >= 0.3 is 6.03 Å². The van der Waals surface area contributed by atoms with Crippen molar-refractivity contribution < 1.29 is 19.3 Å². The van der Waals surface area contributed by atoms with Crippen molar-refractivity contribution in [2.24, 2.45) is 0 Å². The highest BCUT2D eigenvalue weighted by molar-refractivity contribution is 6.02. The second-order valence-corrected chi connectivity index (χ2v) is 5.96. The second-order valence-electron chi connectivity index (χ2n) is 5.96. The van der Waals surface area contributed by atoms with E-state index in [4.69, 9.17) is 0 Å². The first-order valence-electron chi connectivity index (χ1n) is 8.17. The molecule has 2 aromatic rings. The maximum absolute atomic E-state index is 12.0. The number of nitro groups is 1. The number of rotatable bonds is 5. The predicted molar refractivity (Wildman–Crippen MR) is 97.0 cm³/mol. The molecule has 1 fully saturated rings. The molecule has 0 saturated carbocycles. The third-order valence-corrected chi connectivity index (χ3v) is 4.02. The molecule has 27 heavy (non-hydrogen) atoms. The Bertz CT molecular complexity index is 894. The fourth-order valence-corrected chi connectivity index (χ4v) is 2.67. The number of carbonyl (C=O) groups excluding carboxylic acids is 3. The summed E-state index contributed by atoms with van der Waals surface area (Å²) in [5, 5.41) is 15.9. The molecule has 3 rings (SSSR count). The lowest BCUT2D eigenvalue weighted by Crippen LogP contribution is -2.28. The van der Waals surface area contributed by atoms with E-state index in [1.54, 1.807) is 30.3 Å². The van der Waals surface area contributed by atoms with E-state index in [0.717, 1.165) is 5.56 Å². The summed E-state index contributed by atoms with van der Waals surface area (Å²) in [6.45, 7) is 0.206. The van der Waals surface area contributed by atoms with Crippen LogP contribution < -0.4 is 10.6 Å². The summed E-state index contributed by atoms with van der Waals surface area (Å²) in [7, 11) is 0. The number of amides is 4. The first-order valence-corrected chi connectivity index (χ1v) is 8.17. The van der Waals surface area contributed by atoms with Crippen LogP contribution in [0.5, 0.6) is 0 Å². The standard InChI is InChI=1S/C18H16N4O5/c23-16-8-9-17(24)21(16)11-12-4-6-13(7-5-12)19-18(25)20-14-2-1-3-15(10-14)22(26)27/h1-7,10H,8-9,11H2,(H2,19,20,25). The fraction of sp³-hybridized carbons (Fsp3) is 0.167. The number of carbonyl (C=O) groups is 3. The molecule has 0 unspecified atom stereocenters. The quantitative estimate of drug-likeness (QED) is 0.477. The molecular formula is C18H16N4O5. The lowest BCUT2D eigenvalue weighted by atomic mass is 10.2. The Hall–Kier alpha value is -3.75. The summed E-state index contributed by atoms with van der Waals surface area (Å²) in [5.74, 6) is -0.364. The third-order valence-electron chi connectivity index (χ3n) is 4.02. The summed E-state index contributed by atoms with van der Waals surface area (Å²) in [5.41, 5.74) is 1.44. The van der Waals surface area contributed by atoms with Crippen LogP contribution in [0.2, 0.25) is 0 Å². The van der Waals surface area contributed by atoms with Gasteiger partial charge in [0.25, 0.3) is 5.69 Å². The Morgan fingerprint density at radius 1 is 1.00 bits per heavy atom. The molecule has 2 N–H and O–H groups in total. The van der Waals surface area contributed by atoms with E-state index in [2.05, 4.69) is 10.6 Å². The third kappa shape index (κ3) is 4.46. The zero-order valence-electron chi connectivity index (χ0n) is 14.2. The van der Waals surface area contributed by atoms with Crippen molar-refractivity contribution in [3.8, 4) is 0 Å². The molecule has 1 heterocycles. The van der Waals surface area contributed by atoms with Gasteiger partial charge < -0.3 is 10.6 Å². The van der Waals surface area contributed by atoms with Gasteiger partial charge in [0.1, 0.15) is 0 Å². The molecule has 4 amide bonds. The Kier molecular flexibility index (Phi) is 5.11. The first kappa shape index (κ1) is 18.1. The van der Waals surface area contributed by atoms with E-state index in [1.165, 1.54) is 23.1 Å². The smallest absolute Gasteiger partial charge is 0.308 e. The maximum Gasteiger partial charge on any atom is 0.323 e. The summed E-state index contributed by atoms with van der Waals surface area (Å²) < 4.78 is 0. The summed E-state index contributed by atoms with van der Waals surface area (Å²) >= 11 is 0. The number of nitro benzene ring substituents is 1. The molecule has 0 spiro atoms. The number of imide groups is 1. The highest BCUT2D eigenvalue weighted by Gasteiger charge is 2.28. The van der Waals surface area contributed by atoms with Gasteiger partial charge in [-0.1, -0.05) is 18.2 Å². The van der Waals surface area contributed by atoms with Crippen LogP contribution in [0.25, 0.3) is 0 Å². The zero-order chi connectivity index (χ0) is 19.4. The number of anilines is 2. The zero-order valence-corrected chi connectivity index (χ0v) is 14.2. The van der Waals surface area contributed by atoms with Crippen molar-refractivity contribution in [2.45, 2.75) is 19.4 Å². The van der Waals surface area contributed by atoms with Crippen LogP contribution in [0.4, 0.5) is 21.9 Å². The summed E-state index contributed by atoms with van der Waals surface area (Å²) in [6.07, 6.45) is 0.493. The molecule has 138 valence electrons. The SMILES string of the molecule is O=C(Nc1ccc(CN2C(=O)CCC2=O)cc1)Nc1cccc([N+](=O)[O-])c1. The van der Waals surface area contributed by atoms with Gasteiger partial charge in [-0.15, -0.1) is 0 Å². The normalized spacial score (nSPS) is 13.6. The molecule has 1 aliphatic rings. The molecule has 2 aromatic carbocycles. The topological polar surface area (TPSA) is 122 Å². The summed E-state index contributed by atoms with van der Waals surface area (Å²) in [4.78, 5) is 46.7. The van der Waals surface area contributed by atoms with Crippen molar-refractivity contribution in [3.05, 3.63) is 64.2 Å². The molecule has 0 bridgehead atoms. The Morgan fingerprint density at radius 3 is 2.26 bits per heavy atom. The van der Waals surface area contributed by atoms with E-state index in [0.29, 0.717) is 11.4 Å². The predicted octanol–water partition coefficient (Wildman–Crippen LogP) is 2.89. The van der Waals surface area contributed by atoms with Crippen LogP contribution >= 0.6 is 0 Å². The largest absolute Gasteiger partial charge is 0.323 e. The van der Waals surface area contributed by atoms with Crippen molar-refractivity contribution in [1.29, 1.82) is 0 Å². The van der Waals surface area contributed by atoms with Gasteiger partial charge in [-0.05, 0) is 23.8 Å². The van der Waals surface area contributed by atoms with Gasteiger partial charge in [0.05, 0.1) is 11.5 Å². The van der Waals surface area contributed by atoms with E-state index < -0.39 is 11.0 Å². The van der Waals surface area contributed by atoms with E-state index in [9.17, 15) is 24.5 Å². The second kappa shape index (κ2) is 7.65. The molecule has 0 aromatic heterocycles. The number of non-ortho nitro benzene ring substituents is 1. The molecule has 0 atom stereocenters. The van der Waals surface area contributed by atoms with Crippen LogP contribution in [0.1, 0.15) is 18.4 Å². The molecule has 9 nitrogen and oxygen atoms in total. The van der Waals surface area contributed by atoms with Crippen molar-refractivity contribution in [3.63, 3.8) is 0 Å². The maximum atomic E-state index is 12.0. The number of nitrogens with zero attached hydrogens (tertiary/aromatic N) is 2. The molecule has 1 aliphatic heterocycles. The number of hydrogen-bond donors (Lipinski definition) is 2. The van der Waals surface area contributed by atoms with E-state index >= 15 is 0 Å². The average Bonchev–Trinajstić information content (AvgIpc) is 2.95. The minimum atomic E-state index is -0.548. The van der Waals surface area contributed by atoms with Gasteiger partial charge in [0, 0.05) is 36.3 Å². The first-order chi connectivity index (χ1) is 12.9. The lowest BCUT2D eigenvalue weighted by molar-refractivity contribution is -0.384. The van der Waals surface area contributed by atoms with Crippen LogP contribution in [0.3, 0.4) is 0 Å². The number of likely N-dealkylation sites (tertiary alicyclic amines) is 1. The van der Waals surface area contributed by atoms with Crippen LogP contribution in [0.15, 0.2) is 48.5 Å². The van der Waals surface area contributed by atoms with Gasteiger partial charge in [-0.25, -0.2) is 4.79 Å². The average molecular weight is 368 g/mol. The fourth-order valence-electron chi connectivity index (χ4n) is 2.67. The van der Waals surface area contributed by atoms with Gasteiger partial charge in [-0.2, -0.15) is 0 Å². The highest BCUT2D eigenvalue weighted by atomic mass is 16.6. The highest BCUT2D eigenvalue weighted by Crippen LogP contribution is 2.19. The van der Waals surface area contributed by atoms with Crippen LogP contribution in [-0.2, 0) is 16.1 Å². The van der Waals surface area contributed by atoms with Crippen LogP contribution in [-0.4, -0.2) is 27.7 Å². The molecule has 9 heteroatoms. The number of nitrogens with one attached hydrogen (secondary N) is 2.